The van der Waals surface area contributed by atoms with E-state index in [0.29, 0.717) is 28.1 Å². The molecule has 2 aromatic heterocycles. The van der Waals surface area contributed by atoms with Crippen LogP contribution in [0.5, 0.6) is 0 Å². The highest BCUT2D eigenvalue weighted by atomic mass is 15.0. The van der Waals surface area contributed by atoms with Crippen molar-refractivity contribution in [3.63, 3.8) is 0 Å². The standard InChI is InChI=1S/C66H37N7/c1-41-4-26-55(66(32-41)73-64-30-20-50(46-12-7-43(39-68)8-13-46)35-59(64)60-37-52(21-31-65(60)73)48-16-24-54(71-3)25-17-48)56-33-44(40-69)9-27-61(56)72-62-28-18-49(45-10-5-42(38-67)6-11-45)34-57(62)58-36-51(19-29-63(58)72)47-14-22-53(70-2)23-15-47/h4-37H,1H3. The van der Waals surface area contributed by atoms with Crippen LogP contribution in [0.2, 0.25) is 0 Å². The van der Waals surface area contributed by atoms with Crippen molar-refractivity contribution in [1.82, 2.24) is 9.13 Å². The summed E-state index contributed by atoms with van der Waals surface area (Å²) in [4.78, 5) is 7.23. The number of benzene rings is 10. The van der Waals surface area contributed by atoms with Gasteiger partial charge in [-0.25, -0.2) is 9.69 Å². The summed E-state index contributed by atoms with van der Waals surface area (Å²) in [5.41, 5.74) is 19.7. The first kappa shape index (κ1) is 43.5. The Kier molecular flexibility index (Phi) is 10.5. The van der Waals surface area contributed by atoms with Gasteiger partial charge in [-0.2, -0.15) is 15.8 Å². The van der Waals surface area contributed by atoms with Crippen molar-refractivity contribution >= 4 is 55.0 Å². The smallest absolute Gasteiger partial charge is 0.187 e. The Morgan fingerprint density at radius 1 is 0.329 bits per heavy atom. The van der Waals surface area contributed by atoms with Crippen LogP contribution in [-0.4, -0.2) is 9.13 Å². The molecule has 7 nitrogen and oxygen atoms in total. The van der Waals surface area contributed by atoms with E-state index < -0.39 is 0 Å². The molecule has 0 aliphatic carbocycles. The second-order valence-corrected chi connectivity index (χ2v) is 18.2. The maximum absolute atomic E-state index is 10.6. The first-order valence-corrected chi connectivity index (χ1v) is 23.6. The summed E-state index contributed by atoms with van der Waals surface area (Å²) in [7, 11) is 0. The van der Waals surface area contributed by atoms with Crippen LogP contribution in [0.3, 0.4) is 0 Å². The number of hydrogen-bond acceptors (Lipinski definition) is 3. The van der Waals surface area contributed by atoms with E-state index in [-0.39, 0.29) is 0 Å². The zero-order valence-electron chi connectivity index (χ0n) is 39.3. The van der Waals surface area contributed by atoms with Crippen LogP contribution < -0.4 is 0 Å². The Bertz CT molecular complexity index is 4230. The number of aromatic nitrogens is 2. The summed E-state index contributed by atoms with van der Waals surface area (Å²) in [6, 6.07) is 76.2. The van der Waals surface area contributed by atoms with Gasteiger partial charge < -0.3 is 9.13 Å². The summed E-state index contributed by atoms with van der Waals surface area (Å²) < 4.78 is 4.64. The third-order valence-electron chi connectivity index (χ3n) is 13.9. The SMILES string of the molecule is [C-]#[N+]c1ccc(-c2ccc3c(c2)c2cc(-c4ccc(C#N)cc4)ccc2n3-c2ccc(C#N)cc2-c2ccc(C)cc2-n2c3ccc(-c4ccc(C#N)cc4)cc3c3cc(-c4ccc([N+]#[C-])cc4)ccc32)cc1. The van der Waals surface area contributed by atoms with Gasteiger partial charge in [0.15, 0.2) is 11.4 Å². The third kappa shape index (κ3) is 7.51. The molecule has 12 aromatic rings. The molecule has 12 rings (SSSR count). The topological polar surface area (TPSA) is 90.0 Å². The molecule has 0 aliphatic heterocycles. The number of fused-ring (bicyclic) bond motifs is 6. The molecular weight excluding hydrogens is 891 g/mol. The van der Waals surface area contributed by atoms with E-state index >= 15 is 0 Å². The Morgan fingerprint density at radius 3 is 1.04 bits per heavy atom. The van der Waals surface area contributed by atoms with Crippen molar-refractivity contribution in [3.8, 4) is 85.2 Å². The number of nitrogens with zero attached hydrogens (tertiary/aromatic N) is 7. The van der Waals surface area contributed by atoms with E-state index in [4.69, 9.17) is 13.1 Å². The maximum atomic E-state index is 10.6. The summed E-state index contributed by atoms with van der Waals surface area (Å²) >= 11 is 0. The number of hydrogen-bond donors (Lipinski definition) is 0. The zero-order valence-corrected chi connectivity index (χ0v) is 39.3. The number of nitriles is 3. The van der Waals surface area contributed by atoms with E-state index in [2.05, 4.69) is 141 Å². The normalized spacial score (nSPS) is 11.0. The third-order valence-corrected chi connectivity index (χ3v) is 13.9. The van der Waals surface area contributed by atoms with E-state index in [0.717, 1.165) is 116 Å². The summed E-state index contributed by atoms with van der Waals surface area (Å²) in [5.74, 6) is 0. The van der Waals surface area contributed by atoms with Crippen LogP contribution in [0.1, 0.15) is 22.3 Å². The van der Waals surface area contributed by atoms with Crippen molar-refractivity contribution in [1.29, 1.82) is 15.8 Å². The first-order chi connectivity index (χ1) is 35.8. The van der Waals surface area contributed by atoms with Gasteiger partial charge in [-0.05, 0) is 154 Å². The van der Waals surface area contributed by atoms with E-state index in [9.17, 15) is 15.8 Å². The van der Waals surface area contributed by atoms with Crippen molar-refractivity contribution in [2.45, 2.75) is 6.92 Å². The fourth-order valence-corrected chi connectivity index (χ4v) is 10.3. The minimum atomic E-state index is 0.530. The average Bonchev–Trinajstić information content (AvgIpc) is 3.96. The lowest BCUT2D eigenvalue weighted by Crippen LogP contribution is -2.02. The molecule has 0 amide bonds. The van der Waals surface area contributed by atoms with Gasteiger partial charge in [0.1, 0.15) is 0 Å². The molecule has 7 heteroatoms. The lowest BCUT2D eigenvalue weighted by Gasteiger charge is -2.19. The average molecular weight is 928 g/mol. The fourth-order valence-electron chi connectivity index (χ4n) is 10.3. The Morgan fingerprint density at radius 2 is 0.671 bits per heavy atom. The van der Waals surface area contributed by atoms with Crippen molar-refractivity contribution in [3.05, 3.63) is 251 Å². The molecule has 10 aromatic carbocycles. The Labute approximate surface area is 421 Å². The van der Waals surface area contributed by atoms with Crippen LogP contribution in [0.25, 0.3) is 120 Å². The van der Waals surface area contributed by atoms with Crippen LogP contribution >= 0.6 is 0 Å². The molecule has 0 atom stereocenters. The van der Waals surface area contributed by atoms with Gasteiger partial charge in [0, 0.05) is 32.7 Å². The van der Waals surface area contributed by atoms with Gasteiger partial charge in [-0.1, -0.05) is 109 Å². The molecule has 336 valence electrons. The minimum Gasteiger partial charge on any atom is -0.309 e. The molecule has 0 fully saturated rings. The molecule has 0 N–H and O–H groups in total. The monoisotopic (exact) mass is 927 g/mol. The van der Waals surface area contributed by atoms with Gasteiger partial charge in [0.05, 0.1) is 81.5 Å². The molecule has 0 saturated heterocycles. The highest BCUT2D eigenvalue weighted by molar-refractivity contribution is 6.14. The van der Waals surface area contributed by atoms with Gasteiger partial charge in [0.2, 0.25) is 0 Å². The largest absolute Gasteiger partial charge is 0.309 e. The molecule has 0 spiro atoms. The second-order valence-electron chi connectivity index (χ2n) is 18.2. The predicted molar refractivity (Wildman–Crippen MR) is 294 cm³/mol. The van der Waals surface area contributed by atoms with Crippen LogP contribution in [-0.2, 0) is 0 Å². The van der Waals surface area contributed by atoms with Gasteiger partial charge in [-0.15, -0.1) is 0 Å². The molecule has 2 heterocycles. The lowest BCUT2D eigenvalue weighted by molar-refractivity contribution is 1.15. The quantitative estimate of drug-likeness (QED) is 0.149. The second kappa shape index (κ2) is 17.6. The maximum Gasteiger partial charge on any atom is 0.187 e. The molecule has 0 saturated carbocycles. The van der Waals surface area contributed by atoms with Gasteiger partial charge >= 0.3 is 0 Å². The predicted octanol–water partition coefficient (Wildman–Crippen LogP) is 17.2. The summed E-state index contributed by atoms with van der Waals surface area (Å²) in [6.07, 6.45) is 0. The lowest BCUT2D eigenvalue weighted by atomic mass is 9.97. The molecule has 0 bridgehead atoms. The first-order valence-electron chi connectivity index (χ1n) is 23.6. The van der Waals surface area contributed by atoms with Crippen molar-refractivity contribution < 1.29 is 0 Å². The van der Waals surface area contributed by atoms with Crippen LogP contribution in [0, 0.1) is 54.1 Å². The number of rotatable bonds is 7. The number of aryl methyl sites for hydroxylation is 1. The highest BCUT2D eigenvalue weighted by Gasteiger charge is 2.23. The Balaban J connectivity index is 1.11. The van der Waals surface area contributed by atoms with Gasteiger partial charge in [-0.3, -0.25) is 0 Å². The minimum absolute atomic E-state index is 0.530. The zero-order chi connectivity index (χ0) is 49.7. The molecular formula is C66H37N7. The van der Waals surface area contributed by atoms with Crippen molar-refractivity contribution in [2.75, 3.05) is 0 Å². The van der Waals surface area contributed by atoms with E-state index in [1.54, 1.807) is 0 Å². The van der Waals surface area contributed by atoms with E-state index in [1.807, 2.05) is 109 Å². The van der Waals surface area contributed by atoms with Gasteiger partial charge in [0.25, 0.3) is 0 Å². The molecule has 0 unspecified atom stereocenters. The highest BCUT2D eigenvalue weighted by Crippen LogP contribution is 2.44. The molecule has 73 heavy (non-hydrogen) atoms. The molecule has 0 radical (unpaired) electrons. The van der Waals surface area contributed by atoms with Crippen molar-refractivity contribution in [2.24, 2.45) is 0 Å². The fraction of sp³-hybridized carbons (Fsp3) is 0.0152. The van der Waals surface area contributed by atoms with E-state index in [1.165, 1.54) is 0 Å². The summed E-state index contributed by atoms with van der Waals surface area (Å²) in [5, 5.41) is 33.9. The van der Waals surface area contributed by atoms with Crippen LogP contribution in [0.4, 0.5) is 11.4 Å². The molecule has 0 aliphatic rings. The Hall–Kier alpha value is -10.8. The van der Waals surface area contributed by atoms with Crippen LogP contribution in [0.15, 0.2) is 206 Å². The summed E-state index contributed by atoms with van der Waals surface area (Å²) in [6.45, 7) is 17.2.